The Labute approximate surface area is 168 Å². The zero-order valence-corrected chi connectivity index (χ0v) is 17.7. The van der Waals surface area contributed by atoms with Crippen LogP contribution in [0.4, 0.5) is 4.39 Å². The number of pyridine rings is 1. The molecule has 7 nitrogen and oxygen atoms in total. The Bertz CT molecular complexity index is 934. The van der Waals surface area contributed by atoms with Crippen molar-refractivity contribution in [3.63, 3.8) is 0 Å². The molecule has 10 heteroatoms. The van der Waals surface area contributed by atoms with Gasteiger partial charge >= 0.3 is 0 Å². The number of carbonyl (C=O) groups excluding carboxylic acids is 1. The van der Waals surface area contributed by atoms with E-state index in [2.05, 4.69) is 4.98 Å². The lowest BCUT2D eigenvalue weighted by Crippen LogP contribution is -2.27. The number of benzene rings is 1. The Morgan fingerprint density at radius 3 is 2.46 bits per heavy atom. The van der Waals surface area contributed by atoms with Crippen LogP contribution in [0.15, 0.2) is 46.5 Å². The zero-order chi connectivity index (χ0) is 20.9. The summed E-state index contributed by atoms with van der Waals surface area (Å²) in [5, 5.41) is 0.537. The van der Waals surface area contributed by atoms with Crippen molar-refractivity contribution in [1.82, 2.24) is 14.2 Å². The van der Waals surface area contributed by atoms with Gasteiger partial charge in [-0.3, -0.25) is 4.79 Å². The lowest BCUT2D eigenvalue weighted by Gasteiger charge is -2.17. The first-order chi connectivity index (χ1) is 13.1. The largest absolute Gasteiger partial charge is 0.494 e. The van der Waals surface area contributed by atoms with Gasteiger partial charge < -0.3 is 9.64 Å². The van der Waals surface area contributed by atoms with E-state index in [1.165, 1.54) is 62.3 Å². The van der Waals surface area contributed by atoms with E-state index in [4.69, 9.17) is 4.74 Å². The van der Waals surface area contributed by atoms with Crippen LogP contribution in [0.3, 0.4) is 0 Å². The third-order valence-corrected chi connectivity index (χ3v) is 6.62. The number of ether oxygens (including phenoxy) is 1. The molecule has 1 heterocycles. The van der Waals surface area contributed by atoms with E-state index < -0.39 is 15.8 Å². The first-order valence-corrected chi connectivity index (χ1v) is 10.7. The molecule has 1 amide bonds. The third-order valence-electron chi connectivity index (χ3n) is 3.89. The molecule has 0 radical (unpaired) electrons. The maximum Gasteiger partial charge on any atom is 0.244 e. The first-order valence-electron chi connectivity index (χ1n) is 8.23. The van der Waals surface area contributed by atoms with Gasteiger partial charge in [-0.2, -0.15) is 0 Å². The second kappa shape index (κ2) is 9.35. The molecule has 28 heavy (non-hydrogen) atoms. The molecule has 0 aliphatic rings. The molecular formula is C18H22FN3O4S2. The standard InChI is InChI=1S/C18H22FN3O4S2/c1-21(2)28(24,25)14-6-8-17(20-10-14)27-12-18(23)22(3)11-13-5-7-16(26-4)15(19)9-13/h5-10H,11-12H2,1-4H3. The van der Waals surface area contributed by atoms with Gasteiger partial charge in [0.2, 0.25) is 15.9 Å². The van der Waals surface area contributed by atoms with Gasteiger partial charge in [0.1, 0.15) is 4.90 Å². The molecular weight excluding hydrogens is 405 g/mol. The van der Waals surface area contributed by atoms with Gasteiger partial charge in [0.05, 0.1) is 17.9 Å². The topological polar surface area (TPSA) is 79.8 Å². The third kappa shape index (κ3) is 5.43. The van der Waals surface area contributed by atoms with Crippen LogP contribution in [0, 0.1) is 5.82 Å². The molecule has 0 fully saturated rings. The fourth-order valence-corrected chi connectivity index (χ4v) is 3.86. The molecule has 0 spiro atoms. The summed E-state index contributed by atoms with van der Waals surface area (Å²) in [5.41, 5.74) is 0.649. The molecule has 2 rings (SSSR count). The zero-order valence-electron chi connectivity index (χ0n) is 16.0. The van der Waals surface area contributed by atoms with Crippen LogP contribution in [0.25, 0.3) is 0 Å². The predicted molar refractivity (Wildman–Crippen MR) is 105 cm³/mol. The number of thioether (sulfide) groups is 1. The Hall–Kier alpha value is -2.17. The van der Waals surface area contributed by atoms with Crippen LogP contribution in [0.1, 0.15) is 5.56 Å². The highest BCUT2D eigenvalue weighted by Gasteiger charge is 2.18. The molecule has 152 valence electrons. The SMILES string of the molecule is COc1ccc(CN(C)C(=O)CSc2ccc(S(=O)(=O)N(C)C)cn2)cc1F. The molecule has 0 N–H and O–H groups in total. The summed E-state index contributed by atoms with van der Waals surface area (Å²) in [4.78, 5) is 18.0. The van der Waals surface area contributed by atoms with Crippen molar-refractivity contribution in [1.29, 1.82) is 0 Å². The van der Waals surface area contributed by atoms with Crippen LogP contribution in [-0.2, 0) is 21.4 Å². The average molecular weight is 428 g/mol. The highest BCUT2D eigenvalue weighted by Crippen LogP contribution is 2.21. The van der Waals surface area contributed by atoms with Crippen molar-refractivity contribution in [2.75, 3.05) is 34.0 Å². The molecule has 0 atom stereocenters. The van der Waals surface area contributed by atoms with E-state index in [9.17, 15) is 17.6 Å². The van der Waals surface area contributed by atoms with Crippen LogP contribution < -0.4 is 4.74 Å². The summed E-state index contributed by atoms with van der Waals surface area (Å²) in [6.07, 6.45) is 1.27. The van der Waals surface area contributed by atoms with Crippen molar-refractivity contribution in [3.05, 3.63) is 47.9 Å². The molecule has 1 aromatic heterocycles. The number of amides is 1. The summed E-state index contributed by atoms with van der Waals surface area (Å²) in [7, 11) is 2.38. The Morgan fingerprint density at radius 2 is 1.93 bits per heavy atom. The van der Waals surface area contributed by atoms with Gasteiger partial charge in [-0.25, -0.2) is 22.1 Å². The number of hydrogen-bond acceptors (Lipinski definition) is 6. The predicted octanol–water partition coefficient (Wildman–Crippen LogP) is 2.23. The number of methoxy groups -OCH3 is 1. The van der Waals surface area contributed by atoms with Crippen LogP contribution in [0.2, 0.25) is 0 Å². The second-order valence-corrected chi connectivity index (χ2v) is 9.27. The normalized spacial score (nSPS) is 11.5. The fourth-order valence-electron chi connectivity index (χ4n) is 2.23. The summed E-state index contributed by atoms with van der Waals surface area (Å²) < 4.78 is 43.8. The lowest BCUT2D eigenvalue weighted by atomic mass is 10.2. The Balaban J connectivity index is 1.93. The molecule has 0 unspecified atom stereocenters. The summed E-state index contributed by atoms with van der Waals surface area (Å²) in [6.45, 7) is 0.258. The minimum atomic E-state index is -3.53. The number of sulfonamides is 1. The van der Waals surface area contributed by atoms with E-state index >= 15 is 0 Å². The van der Waals surface area contributed by atoms with Crippen molar-refractivity contribution in [3.8, 4) is 5.75 Å². The van der Waals surface area contributed by atoms with E-state index in [0.29, 0.717) is 10.6 Å². The number of carbonyl (C=O) groups is 1. The highest BCUT2D eigenvalue weighted by atomic mass is 32.2. The quantitative estimate of drug-likeness (QED) is 0.601. The molecule has 0 saturated carbocycles. The maximum atomic E-state index is 13.8. The van der Waals surface area contributed by atoms with Crippen molar-refractivity contribution in [2.24, 2.45) is 0 Å². The van der Waals surface area contributed by atoms with Crippen molar-refractivity contribution in [2.45, 2.75) is 16.5 Å². The molecule has 0 saturated heterocycles. The fraction of sp³-hybridized carbons (Fsp3) is 0.333. The monoisotopic (exact) mass is 427 g/mol. The summed E-state index contributed by atoms with van der Waals surface area (Å²) in [6, 6.07) is 7.57. The summed E-state index contributed by atoms with van der Waals surface area (Å²) >= 11 is 1.20. The average Bonchev–Trinajstić information content (AvgIpc) is 2.66. The van der Waals surface area contributed by atoms with Crippen molar-refractivity contribution >= 4 is 27.7 Å². The Morgan fingerprint density at radius 1 is 1.21 bits per heavy atom. The van der Waals surface area contributed by atoms with Gasteiger partial charge in [-0.05, 0) is 29.8 Å². The minimum absolute atomic E-state index is 0.0897. The van der Waals surface area contributed by atoms with Gasteiger partial charge in [-0.1, -0.05) is 17.8 Å². The van der Waals surface area contributed by atoms with Gasteiger partial charge in [-0.15, -0.1) is 0 Å². The molecule has 0 bridgehead atoms. The van der Waals surface area contributed by atoms with Gasteiger partial charge in [0.15, 0.2) is 11.6 Å². The molecule has 0 aliphatic heterocycles. The Kier molecular flexibility index (Phi) is 7.39. The number of aromatic nitrogens is 1. The number of halogens is 1. The number of hydrogen-bond donors (Lipinski definition) is 0. The smallest absolute Gasteiger partial charge is 0.244 e. The van der Waals surface area contributed by atoms with E-state index in [-0.39, 0.29) is 28.8 Å². The number of nitrogens with zero attached hydrogens (tertiary/aromatic N) is 3. The first kappa shape index (κ1) is 22.1. The van der Waals surface area contributed by atoms with Gasteiger partial charge in [0.25, 0.3) is 0 Å². The molecule has 2 aromatic rings. The van der Waals surface area contributed by atoms with E-state index in [1.54, 1.807) is 19.2 Å². The van der Waals surface area contributed by atoms with E-state index in [1.807, 2.05) is 0 Å². The highest BCUT2D eigenvalue weighted by molar-refractivity contribution is 7.99. The minimum Gasteiger partial charge on any atom is -0.494 e. The molecule has 1 aromatic carbocycles. The van der Waals surface area contributed by atoms with Gasteiger partial charge in [0, 0.05) is 33.9 Å². The second-order valence-electron chi connectivity index (χ2n) is 6.13. The van der Waals surface area contributed by atoms with Crippen LogP contribution >= 0.6 is 11.8 Å². The lowest BCUT2D eigenvalue weighted by molar-refractivity contribution is -0.127. The van der Waals surface area contributed by atoms with E-state index in [0.717, 1.165) is 4.31 Å². The van der Waals surface area contributed by atoms with Crippen LogP contribution in [-0.4, -0.2) is 62.5 Å². The summed E-state index contributed by atoms with van der Waals surface area (Å²) in [5.74, 6) is -0.360. The molecule has 0 aliphatic carbocycles. The maximum absolute atomic E-state index is 13.8. The van der Waals surface area contributed by atoms with Crippen LogP contribution in [0.5, 0.6) is 5.75 Å². The van der Waals surface area contributed by atoms with Crippen molar-refractivity contribution < 1.29 is 22.3 Å². The number of rotatable bonds is 8.